The Morgan fingerprint density at radius 2 is 1.82 bits per heavy atom. The van der Waals surface area contributed by atoms with Crippen molar-refractivity contribution in [1.82, 2.24) is 25.2 Å². The second kappa shape index (κ2) is 8.97. The number of rotatable bonds is 6. The topological polar surface area (TPSA) is 92.2 Å². The Kier molecular flexibility index (Phi) is 6.41. The molecule has 0 saturated carbocycles. The van der Waals surface area contributed by atoms with Gasteiger partial charge in [-0.15, -0.1) is 5.10 Å². The fraction of sp³-hybridized carbons (Fsp3) is 0.500. The van der Waals surface area contributed by atoms with Crippen molar-refractivity contribution in [2.75, 3.05) is 31.5 Å². The Bertz CT molecular complexity index is 820. The fourth-order valence-electron chi connectivity index (χ4n) is 3.53. The lowest BCUT2D eigenvalue weighted by molar-refractivity contribution is 0.0773. The van der Waals surface area contributed by atoms with Crippen LogP contribution in [0.15, 0.2) is 24.3 Å². The van der Waals surface area contributed by atoms with Gasteiger partial charge >= 0.3 is 0 Å². The molecule has 8 heteroatoms. The summed E-state index contributed by atoms with van der Waals surface area (Å²) in [6.45, 7) is 9.02. The van der Waals surface area contributed by atoms with Crippen molar-refractivity contribution >= 4 is 17.5 Å². The number of carbonyl (C=O) groups excluding carboxylic acids is 2. The molecule has 1 aromatic heterocycles. The summed E-state index contributed by atoms with van der Waals surface area (Å²) in [6, 6.07) is 7.22. The van der Waals surface area contributed by atoms with Crippen LogP contribution in [0.4, 0.5) is 5.69 Å². The summed E-state index contributed by atoms with van der Waals surface area (Å²) in [5, 5.41) is 14.5. The molecule has 1 aromatic carbocycles. The van der Waals surface area contributed by atoms with Crippen LogP contribution < -0.4 is 10.6 Å². The highest BCUT2D eigenvalue weighted by Crippen LogP contribution is 2.21. The first-order chi connectivity index (χ1) is 13.5. The van der Waals surface area contributed by atoms with E-state index in [0.717, 1.165) is 31.6 Å². The minimum Gasteiger partial charge on any atom is -0.339 e. The molecule has 0 radical (unpaired) electrons. The van der Waals surface area contributed by atoms with Gasteiger partial charge in [0.15, 0.2) is 5.69 Å². The van der Waals surface area contributed by atoms with E-state index in [1.165, 1.54) is 0 Å². The summed E-state index contributed by atoms with van der Waals surface area (Å²) in [5.74, 6) is -0.302. The van der Waals surface area contributed by atoms with E-state index in [9.17, 15) is 9.59 Å². The molecule has 0 spiro atoms. The summed E-state index contributed by atoms with van der Waals surface area (Å²) in [6.07, 6.45) is 1.96. The number of carbonyl (C=O) groups is 2. The molecular weight excluding hydrogens is 356 g/mol. The predicted octanol–water partition coefficient (Wildman–Crippen LogP) is 2.25. The number of aromatic nitrogens is 3. The molecule has 2 aromatic rings. The third-order valence-corrected chi connectivity index (χ3v) is 5.24. The second-order valence-electron chi connectivity index (χ2n) is 6.96. The molecule has 3 rings (SSSR count). The summed E-state index contributed by atoms with van der Waals surface area (Å²) in [7, 11) is 0. The maximum absolute atomic E-state index is 12.6. The maximum Gasteiger partial charge on any atom is 0.278 e. The van der Waals surface area contributed by atoms with Gasteiger partial charge in [-0.05, 0) is 71.0 Å². The van der Waals surface area contributed by atoms with Gasteiger partial charge < -0.3 is 15.5 Å². The van der Waals surface area contributed by atoms with Crippen LogP contribution >= 0.6 is 0 Å². The van der Waals surface area contributed by atoms with E-state index >= 15 is 0 Å². The molecule has 0 unspecified atom stereocenters. The minimum atomic E-state index is -0.291. The molecule has 28 heavy (non-hydrogen) atoms. The van der Waals surface area contributed by atoms with Crippen LogP contribution in [0.25, 0.3) is 0 Å². The molecule has 2 N–H and O–H groups in total. The molecule has 2 heterocycles. The molecule has 0 bridgehead atoms. The van der Waals surface area contributed by atoms with Gasteiger partial charge in [0.2, 0.25) is 0 Å². The first-order valence-electron chi connectivity index (χ1n) is 9.88. The summed E-state index contributed by atoms with van der Waals surface area (Å²) < 4.78 is 1.86. The Morgan fingerprint density at radius 3 is 2.43 bits per heavy atom. The number of amides is 2. The van der Waals surface area contributed by atoms with Gasteiger partial charge in [0, 0.05) is 24.3 Å². The first kappa shape index (κ1) is 20.0. The van der Waals surface area contributed by atoms with Gasteiger partial charge in [-0.1, -0.05) is 5.21 Å². The summed E-state index contributed by atoms with van der Waals surface area (Å²) in [5.41, 5.74) is 2.34. The van der Waals surface area contributed by atoms with E-state index in [1.807, 2.05) is 25.5 Å². The monoisotopic (exact) mass is 384 g/mol. The molecule has 1 aliphatic rings. The van der Waals surface area contributed by atoms with Crippen molar-refractivity contribution in [2.24, 2.45) is 0 Å². The standard InChI is InChI=1S/C20H28N6O2/c1-4-25(5-2)20(28)15-6-8-16(9-7-15)22-19(27)18-14(3)26(24-23-18)17-10-12-21-13-11-17/h6-9,17,21H,4-5,10-13H2,1-3H3,(H,22,27). The fourth-order valence-corrected chi connectivity index (χ4v) is 3.53. The van der Waals surface area contributed by atoms with Gasteiger partial charge in [0.25, 0.3) is 11.8 Å². The average molecular weight is 384 g/mol. The smallest absolute Gasteiger partial charge is 0.278 e. The van der Waals surface area contributed by atoms with Gasteiger partial charge in [0.05, 0.1) is 11.7 Å². The summed E-state index contributed by atoms with van der Waals surface area (Å²) >= 11 is 0. The highest BCUT2D eigenvalue weighted by atomic mass is 16.2. The zero-order valence-electron chi connectivity index (χ0n) is 16.7. The predicted molar refractivity (Wildman–Crippen MR) is 108 cm³/mol. The van der Waals surface area contributed by atoms with E-state index < -0.39 is 0 Å². The number of hydrogen-bond donors (Lipinski definition) is 2. The number of anilines is 1. The Hall–Kier alpha value is -2.74. The van der Waals surface area contributed by atoms with E-state index in [0.29, 0.717) is 30.0 Å². The third-order valence-electron chi connectivity index (χ3n) is 5.24. The second-order valence-corrected chi connectivity index (χ2v) is 6.96. The van der Waals surface area contributed by atoms with E-state index in [2.05, 4.69) is 20.9 Å². The number of nitrogens with one attached hydrogen (secondary N) is 2. The van der Waals surface area contributed by atoms with Crippen molar-refractivity contribution in [1.29, 1.82) is 0 Å². The lowest BCUT2D eigenvalue weighted by atomic mass is 10.1. The SMILES string of the molecule is CCN(CC)C(=O)c1ccc(NC(=O)c2nnn(C3CCNCC3)c2C)cc1. The zero-order valence-corrected chi connectivity index (χ0v) is 16.7. The quantitative estimate of drug-likeness (QED) is 0.797. The number of benzene rings is 1. The Morgan fingerprint density at radius 1 is 1.18 bits per heavy atom. The zero-order chi connectivity index (χ0) is 20.1. The van der Waals surface area contributed by atoms with Crippen LogP contribution in [-0.4, -0.2) is 57.9 Å². The first-order valence-corrected chi connectivity index (χ1v) is 9.88. The van der Waals surface area contributed by atoms with Crippen molar-refractivity contribution in [2.45, 2.75) is 39.7 Å². The van der Waals surface area contributed by atoms with Gasteiger partial charge in [-0.3, -0.25) is 9.59 Å². The van der Waals surface area contributed by atoms with Crippen molar-refractivity contribution in [3.05, 3.63) is 41.2 Å². The Labute approximate surface area is 165 Å². The van der Waals surface area contributed by atoms with Gasteiger partial charge in [-0.25, -0.2) is 4.68 Å². The molecule has 0 atom stereocenters. The molecule has 1 aliphatic heterocycles. The van der Waals surface area contributed by atoms with E-state index in [4.69, 9.17) is 0 Å². The molecule has 150 valence electrons. The van der Waals surface area contributed by atoms with Crippen LogP contribution in [0.5, 0.6) is 0 Å². The van der Waals surface area contributed by atoms with Gasteiger partial charge in [-0.2, -0.15) is 0 Å². The van der Waals surface area contributed by atoms with Crippen molar-refractivity contribution in [3.63, 3.8) is 0 Å². The van der Waals surface area contributed by atoms with E-state index in [-0.39, 0.29) is 17.9 Å². The van der Waals surface area contributed by atoms with Crippen LogP contribution in [0.1, 0.15) is 59.3 Å². The molecular formula is C20H28N6O2. The molecule has 1 fully saturated rings. The number of hydrogen-bond acceptors (Lipinski definition) is 5. The van der Waals surface area contributed by atoms with E-state index in [1.54, 1.807) is 29.2 Å². The van der Waals surface area contributed by atoms with Crippen LogP contribution in [0.2, 0.25) is 0 Å². The third kappa shape index (κ3) is 4.22. The lowest BCUT2D eigenvalue weighted by Crippen LogP contribution is -2.30. The molecule has 1 saturated heterocycles. The van der Waals surface area contributed by atoms with Crippen LogP contribution in [0, 0.1) is 6.92 Å². The van der Waals surface area contributed by atoms with Crippen molar-refractivity contribution in [3.8, 4) is 0 Å². The molecule has 0 aliphatic carbocycles. The Balaban J connectivity index is 1.68. The number of piperidine rings is 1. The summed E-state index contributed by atoms with van der Waals surface area (Å²) in [4.78, 5) is 26.8. The minimum absolute atomic E-state index is 0.0105. The molecule has 8 nitrogen and oxygen atoms in total. The van der Waals surface area contributed by atoms with Crippen molar-refractivity contribution < 1.29 is 9.59 Å². The average Bonchev–Trinajstić information content (AvgIpc) is 3.11. The molecule has 2 amide bonds. The highest BCUT2D eigenvalue weighted by molar-refractivity contribution is 6.03. The normalized spacial score (nSPS) is 14.7. The maximum atomic E-state index is 12.6. The van der Waals surface area contributed by atoms with Gasteiger partial charge in [0.1, 0.15) is 0 Å². The van der Waals surface area contributed by atoms with Crippen LogP contribution in [-0.2, 0) is 0 Å². The largest absolute Gasteiger partial charge is 0.339 e. The number of nitrogens with zero attached hydrogens (tertiary/aromatic N) is 4. The van der Waals surface area contributed by atoms with Crippen LogP contribution in [0.3, 0.4) is 0 Å². The lowest BCUT2D eigenvalue weighted by Gasteiger charge is -2.23. The highest BCUT2D eigenvalue weighted by Gasteiger charge is 2.23.